The summed E-state index contributed by atoms with van der Waals surface area (Å²) in [5.41, 5.74) is 3.13. The van der Waals surface area contributed by atoms with Crippen molar-refractivity contribution >= 4 is 28.3 Å². The van der Waals surface area contributed by atoms with Crippen molar-refractivity contribution in [1.82, 2.24) is 0 Å². The minimum absolute atomic E-state index is 0.154. The number of carbonyl (C=O) groups is 2. The van der Waals surface area contributed by atoms with Crippen molar-refractivity contribution in [2.75, 3.05) is 5.32 Å². The van der Waals surface area contributed by atoms with E-state index in [0.29, 0.717) is 28.2 Å². The van der Waals surface area contributed by atoms with Gasteiger partial charge >= 0.3 is 0 Å². The molecule has 1 amide bonds. The van der Waals surface area contributed by atoms with Crippen molar-refractivity contribution in [3.05, 3.63) is 101 Å². The van der Waals surface area contributed by atoms with Crippen LogP contribution in [0.3, 0.4) is 0 Å². The number of hydrogen-bond acceptors (Lipinski definition) is 3. The number of aryl methyl sites for hydroxylation is 1. The Balaban J connectivity index is 1.65. The Hall–Kier alpha value is -3.66. The second kappa shape index (κ2) is 6.92. The van der Waals surface area contributed by atoms with Gasteiger partial charge in [-0.05, 0) is 31.2 Å². The summed E-state index contributed by atoms with van der Waals surface area (Å²) in [5.74, 6) is -0.0271. The largest absolute Gasteiger partial charge is 0.452 e. The van der Waals surface area contributed by atoms with Crippen LogP contribution in [0.25, 0.3) is 11.0 Å². The number of amides is 1. The molecule has 0 aliphatic heterocycles. The van der Waals surface area contributed by atoms with Gasteiger partial charge in [-0.15, -0.1) is 0 Å². The summed E-state index contributed by atoms with van der Waals surface area (Å²) in [5, 5.41) is 3.71. The van der Waals surface area contributed by atoms with Crippen molar-refractivity contribution in [2.24, 2.45) is 0 Å². The first-order valence-corrected chi connectivity index (χ1v) is 8.63. The highest BCUT2D eigenvalue weighted by molar-refractivity contribution is 6.11. The molecule has 0 radical (unpaired) electrons. The number of carbonyl (C=O) groups excluding carboxylic acids is 2. The first-order chi connectivity index (χ1) is 13.1. The smallest absolute Gasteiger partial charge is 0.255 e. The van der Waals surface area contributed by atoms with Gasteiger partial charge in [0.15, 0.2) is 5.76 Å². The highest BCUT2D eigenvalue weighted by atomic mass is 16.3. The molecule has 0 saturated carbocycles. The molecule has 0 saturated heterocycles. The zero-order valence-corrected chi connectivity index (χ0v) is 14.7. The van der Waals surface area contributed by atoms with Gasteiger partial charge in [0.05, 0.1) is 0 Å². The molecule has 4 rings (SSSR count). The molecule has 1 N–H and O–H groups in total. The third-order valence-electron chi connectivity index (χ3n) is 4.47. The lowest BCUT2D eigenvalue weighted by Gasteiger charge is -2.05. The lowest BCUT2D eigenvalue weighted by molar-refractivity contribution is 0.101. The van der Waals surface area contributed by atoms with Crippen LogP contribution in [0.5, 0.6) is 0 Å². The molecule has 4 nitrogen and oxygen atoms in total. The number of benzene rings is 3. The molecule has 0 spiro atoms. The van der Waals surface area contributed by atoms with Crippen LogP contribution in [0.15, 0.2) is 83.3 Å². The molecule has 1 heterocycles. The number of fused-ring (bicyclic) bond motifs is 1. The molecule has 3 aromatic carbocycles. The Morgan fingerprint density at radius 2 is 1.44 bits per heavy atom. The second-order valence-electron chi connectivity index (χ2n) is 6.28. The molecule has 0 fully saturated rings. The summed E-state index contributed by atoms with van der Waals surface area (Å²) in [4.78, 5) is 25.0. The average Bonchev–Trinajstić information content (AvgIpc) is 3.04. The summed E-state index contributed by atoms with van der Waals surface area (Å²) < 4.78 is 5.84. The van der Waals surface area contributed by atoms with E-state index in [1.807, 2.05) is 55.5 Å². The molecular formula is C23H17NO3. The quantitative estimate of drug-likeness (QED) is 0.510. The molecule has 1 aromatic heterocycles. The van der Waals surface area contributed by atoms with Gasteiger partial charge in [-0.1, -0.05) is 48.5 Å². The van der Waals surface area contributed by atoms with E-state index in [9.17, 15) is 9.59 Å². The van der Waals surface area contributed by atoms with Gasteiger partial charge < -0.3 is 9.73 Å². The Bertz CT molecular complexity index is 1130. The molecule has 27 heavy (non-hydrogen) atoms. The number of ketones is 1. The summed E-state index contributed by atoms with van der Waals surface area (Å²) in [6.07, 6.45) is 0. The lowest BCUT2D eigenvalue weighted by Crippen LogP contribution is -2.11. The number of rotatable bonds is 4. The molecule has 4 heteroatoms. The second-order valence-corrected chi connectivity index (χ2v) is 6.28. The molecule has 0 unspecified atom stereocenters. The number of hydrogen-bond donors (Lipinski definition) is 1. The maximum Gasteiger partial charge on any atom is 0.255 e. The zero-order valence-electron chi connectivity index (χ0n) is 14.7. The van der Waals surface area contributed by atoms with Crippen LogP contribution < -0.4 is 5.32 Å². The van der Waals surface area contributed by atoms with Crippen molar-refractivity contribution in [2.45, 2.75) is 6.92 Å². The number of anilines is 1. The summed E-state index contributed by atoms with van der Waals surface area (Å²) in [7, 11) is 0. The Labute approximate surface area is 156 Å². The summed E-state index contributed by atoms with van der Waals surface area (Å²) in [6.45, 7) is 1.87. The van der Waals surface area contributed by atoms with Crippen molar-refractivity contribution in [3.8, 4) is 0 Å². The minimum atomic E-state index is -0.196. The fourth-order valence-electron chi connectivity index (χ4n) is 3.03. The van der Waals surface area contributed by atoms with E-state index in [1.54, 1.807) is 30.3 Å². The lowest BCUT2D eigenvalue weighted by atomic mass is 10.0. The van der Waals surface area contributed by atoms with Crippen LogP contribution >= 0.6 is 0 Å². The van der Waals surface area contributed by atoms with E-state index < -0.39 is 0 Å². The standard InChI is InChI=1S/C23H17NO3/c1-15-19-13-12-18(24-23(26)17-10-6-3-7-11-17)14-20(19)27-22(15)21(25)16-8-4-2-5-9-16/h2-14H,1H3,(H,24,26). The molecular weight excluding hydrogens is 338 g/mol. The van der Waals surface area contributed by atoms with E-state index in [1.165, 1.54) is 0 Å². The fourth-order valence-corrected chi connectivity index (χ4v) is 3.03. The first-order valence-electron chi connectivity index (χ1n) is 8.63. The Morgan fingerprint density at radius 1 is 0.815 bits per heavy atom. The SMILES string of the molecule is Cc1c(C(=O)c2ccccc2)oc2cc(NC(=O)c3ccccc3)ccc12. The highest BCUT2D eigenvalue weighted by Crippen LogP contribution is 2.29. The van der Waals surface area contributed by atoms with Crippen LogP contribution in [-0.4, -0.2) is 11.7 Å². The van der Waals surface area contributed by atoms with E-state index in [4.69, 9.17) is 4.42 Å². The topological polar surface area (TPSA) is 59.3 Å². The fraction of sp³-hybridized carbons (Fsp3) is 0.0435. The normalized spacial score (nSPS) is 10.7. The number of furan rings is 1. The van der Waals surface area contributed by atoms with Crippen LogP contribution in [0.2, 0.25) is 0 Å². The maximum absolute atomic E-state index is 12.7. The highest BCUT2D eigenvalue weighted by Gasteiger charge is 2.19. The molecule has 4 aromatic rings. The van der Waals surface area contributed by atoms with Crippen LogP contribution in [0.1, 0.15) is 32.0 Å². The van der Waals surface area contributed by atoms with E-state index >= 15 is 0 Å². The van der Waals surface area contributed by atoms with Crippen molar-refractivity contribution in [3.63, 3.8) is 0 Å². The summed E-state index contributed by atoms with van der Waals surface area (Å²) >= 11 is 0. The monoisotopic (exact) mass is 355 g/mol. The predicted molar refractivity (Wildman–Crippen MR) is 105 cm³/mol. The Morgan fingerprint density at radius 3 is 2.11 bits per heavy atom. The van der Waals surface area contributed by atoms with E-state index in [-0.39, 0.29) is 11.7 Å². The molecule has 0 aliphatic carbocycles. The third-order valence-corrected chi connectivity index (χ3v) is 4.47. The molecule has 0 atom stereocenters. The third kappa shape index (κ3) is 3.25. The number of nitrogens with one attached hydrogen (secondary N) is 1. The van der Waals surface area contributed by atoms with Gasteiger partial charge in [-0.3, -0.25) is 9.59 Å². The summed E-state index contributed by atoms with van der Waals surface area (Å²) in [6, 6.07) is 23.4. The van der Waals surface area contributed by atoms with Gasteiger partial charge in [0.2, 0.25) is 5.78 Å². The Kier molecular flexibility index (Phi) is 4.30. The van der Waals surface area contributed by atoms with Crippen LogP contribution in [0, 0.1) is 6.92 Å². The zero-order chi connectivity index (χ0) is 18.8. The van der Waals surface area contributed by atoms with Crippen molar-refractivity contribution < 1.29 is 14.0 Å². The van der Waals surface area contributed by atoms with Gasteiger partial charge in [-0.2, -0.15) is 0 Å². The van der Waals surface area contributed by atoms with Crippen LogP contribution in [0.4, 0.5) is 5.69 Å². The van der Waals surface area contributed by atoms with Crippen molar-refractivity contribution in [1.29, 1.82) is 0 Å². The van der Waals surface area contributed by atoms with Crippen LogP contribution in [-0.2, 0) is 0 Å². The van der Waals surface area contributed by atoms with E-state index in [2.05, 4.69) is 5.32 Å². The first kappa shape index (κ1) is 16.8. The molecule has 0 aliphatic rings. The van der Waals surface area contributed by atoms with Gasteiger partial charge in [-0.25, -0.2) is 0 Å². The van der Waals surface area contributed by atoms with Gasteiger partial charge in [0.25, 0.3) is 5.91 Å². The van der Waals surface area contributed by atoms with Gasteiger partial charge in [0, 0.05) is 33.8 Å². The van der Waals surface area contributed by atoms with E-state index in [0.717, 1.165) is 10.9 Å². The molecule has 132 valence electrons. The molecule has 0 bridgehead atoms. The minimum Gasteiger partial charge on any atom is -0.452 e. The average molecular weight is 355 g/mol. The maximum atomic E-state index is 12.7. The predicted octanol–water partition coefficient (Wildman–Crippen LogP) is 5.22. The van der Waals surface area contributed by atoms with Gasteiger partial charge in [0.1, 0.15) is 5.58 Å².